The van der Waals surface area contributed by atoms with Crippen LogP contribution in [0.2, 0.25) is 0 Å². The van der Waals surface area contributed by atoms with Crippen LogP contribution in [0, 0.1) is 13.8 Å². The Morgan fingerprint density at radius 3 is 2.19 bits per heavy atom. The number of hydrogen-bond donors (Lipinski definition) is 0. The summed E-state index contributed by atoms with van der Waals surface area (Å²) < 4.78 is 7.46. The van der Waals surface area contributed by atoms with Gasteiger partial charge in [0, 0.05) is 44.6 Å². The van der Waals surface area contributed by atoms with Crippen LogP contribution < -0.4 is 4.74 Å². The van der Waals surface area contributed by atoms with E-state index in [1.165, 1.54) is 0 Å². The van der Waals surface area contributed by atoms with E-state index in [0.717, 1.165) is 17.0 Å². The van der Waals surface area contributed by atoms with Gasteiger partial charge in [0.2, 0.25) is 5.91 Å². The van der Waals surface area contributed by atoms with Gasteiger partial charge in [-0.25, -0.2) is 4.79 Å². The number of nitrogens with zero attached hydrogens (tertiary/aromatic N) is 3. The summed E-state index contributed by atoms with van der Waals surface area (Å²) in [6.45, 7) is 6.13. The maximum Gasteiger partial charge on any atom is 0.415 e. The molecule has 1 aliphatic rings. The van der Waals surface area contributed by atoms with Crippen LogP contribution in [0.1, 0.15) is 17.0 Å². The van der Waals surface area contributed by atoms with Crippen LogP contribution in [0.4, 0.5) is 4.79 Å². The number of aryl methyl sites for hydroxylation is 1. The molecule has 1 saturated heterocycles. The summed E-state index contributed by atoms with van der Waals surface area (Å²) in [4.78, 5) is 28.3. The molecule has 138 valence electrons. The molecule has 6 heteroatoms. The number of amides is 2. The summed E-state index contributed by atoms with van der Waals surface area (Å²) in [5.74, 6) is 0.640. The third kappa shape index (κ3) is 3.90. The van der Waals surface area contributed by atoms with Crippen LogP contribution in [0.5, 0.6) is 5.75 Å². The van der Waals surface area contributed by atoms with Gasteiger partial charge in [0.15, 0.2) is 0 Å². The van der Waals surface area contributed by atoms with E-state index >= 15 is 0 Å². The van der Waals surface area contributed by atoms with Crippen LogP contribution in [-0.4, -0.2) is 52.5 Å². The average molecular weight is 355 g/mol. The molecule has 0 saturated carbocycles. The number of carbonyl (C=O) groups is 2. The Kier molecular flexibility index (Phi) is 5.30. The van der Waals surface area contributed by atoms with Crippen LogP contribution >= 0.6 is 0 Å². The van der Waals surface area contributed by atoms with Gasteiger partial charge < -0.3 is 19.1 Å². The summed E-state index contributed by atoms with van der Waals surface area (Å²) in [6, 6.07) is 11.1. The number of carbonyl (C=O) groups excluding carboxylic acids is 2. The molecule has 0 N–H and O–H groups in total. The quantitative estimate of drug-likeness (QED) is 0.850. The maximum atomic E-state index is 12.6. The molecule has 2 heterocycles. The zero-order valence-electron chi connectivity index (χ0n) is 15.6. The van der Waals surface area contributed by atoms with Crippen LogP contribution in [-0.2, 0) is 18.3 Å². The van der Waals surface area contributed by atoms with Crippen LogP contribution in [0.25, 0.3) is 0 Å². The lowest BCUT2D eigenvalue weighted by atomic mass is 10.1. The third-order valence-corrected chi connectivity index (χ3v) is 5.06. The Hall–Kier alpha value is -2.76. The van der Waals surface area contributed by atoms with E-state index in [1.807, 2.05) is 44.0 Å². The summed E-state index contributed by atoms with van der Waals surface area (Å²) in [5, 5.41) is 0. The highest BCUT2D eigenvalue weighted by molar-refractivity contribution is 5.79. The molecule has 0 spiro atoms. The van der Waals surface area contributed by atoms with Gasteiger partial charge in [-0.2, -0.15) is 0 Å². The summed E-state index contributed by atoms with van der Waals surface area (Å²) in [5.41, 5.74) is 3.35. The SMILES string of the molecule is Cc1cc(CC(=O)N2CCN(C(=O)Oc3ccccc3)CC2)c(C)n1C. The van der Waals surface area contributed by atoms with Crippen molar-refractivity contribution >= 4 is 12.0 Å². The monoisotopic (exact) mass is 355 g/mol. The van der Waals surface area contributed by atoms with Gasteiger partial charge in [-0.3, -0.25) is 4.79 Å². The van der Waals surface area contributed by atoms with Crippen molar-refractivity contribution < 1.29 is 14.3 Å². The van der Waals surface area contributed by atoms with E-state index in [2.05, 4.69) is 10.6 Å². The van der Waals surface area contributed by atoms with Crippen LogP contribution in [0.15, 0.2) is 36.4 Å². The fourth-order valence-electron chi connectivity index (χ4n) is 3.18. The first-order valence-electron chi connectivity index (χ1n) is 8.87. The van der Waals surface area contributed by atoms with Gasteiger partial charge in [0.25, 0.3) is 0 Å². The average Bonchev–Trinajstić information content (AvgIpc) is 2.89. The lowest BCUT2D eigenvalue weighted by Crippen LogP contribution is -2.51. The molecule has 0 atom stereocenters. The Morgan fingerprint density at radius 2 is 1.62 bits per heavy atom. The Balaban J connectivity index is 1.52. The molecular weight excluding hydrogens is 330 g/mol. The van der Waals surface area contributed by atoms with Gasteiger partial charge in [0.1, 0.15) is 5.75 Å². The molecule has 2 amide bonds. The highest BCUT2D eigenvalue weighted by Gasteiger charge is 2.26. The van der Waals surface area contributed by atoms with Crippen molar-refractivity contribution in [3.63, 3.8) is 0 Å². The lowest BCUT2D eigenvalue weighted by Gasteiger charge is -2.34. The minimum absolute atomic E-state index is 0.106. The number of rotatable bonds is 3. The van der Waals surface area contributed by atoms with Crippen molar-refractivity contribution in [1.82, 2.24) is 14.4 Å². The molecular formula is C20H25N3O3. The Morgan fingerprint density at radius 1 is 1.00 bits per heavy atom. The molecule has 0 bridgehead atoms. The van der Waals surface area contributed by atoms with E-state index in [-0.39, 0.29) is 12.0 Å². The fraction of sp³-hybridized carbons (Fsp3) is 0.400. The number of para-hydroxylation sites is 1. The number of piperazine rings is 1. The molecule has 2 aromatic rings. The molecule has 1 fully saturated rings. The molecule has 0 aliphatic carbocycles. The minimum atomic E-state index is -0.363. The second-order valence-electron chi connectivity index (χ2n) is 6.68. The van der Waals surface area contributed by atoms with E-state index in [0.29, 0.717) is 38.3 Å². The molecule has 1 aromatic carbocycles. The number of benzene rings is 1. The smallest absolute Gasteiger partial charge is 0.410 e. The van der Waals surface area contributed by atoms with Gasteiger partial charge in [-0.05, 0) is 37.6 Å². The van der Waals surface area contributed by atoms with E-state index in [9.17, 15) is 9.59 Å². The van der Waals surface area contributed by atoms with Crippen molar-refractivity contribution in [2.75, 3.05) is 26.2 Å². The van der Waals surface area contributed by atoms with Gasteiger partial charge in [-0.1, -0.05) is 18.2 Å². The third-order valence-electron chi connectivity index (χ3n) is 5.06. The summed E-state index contributed by atoms with van der Waals surface area (Å²) in [7, 11) is 2.01. The molecule has 0 radical (unpaired) electrons. The Bertz CT molecular complexity index is 790. The van der Waals surface area contributed by atoms with Gasteiger partial charge in [0.05, 0.1) is 6.42 Å². The van der Waals surface area contributed by atoms with Crippen molar-refractivity contribution in [3.8, 4) is 5.75 Å². The topological polar surface area (TPSA) is 54.8 Å². The lowest BCUT2D eigenvalue weighted by molar-refractivity contribution is -0.132. The fourth-order valence-corrected chi connectivity index (χ4v) is 3.18. The standard InChI is InChI=1S/C20H25N3O3/c1-15-13-17(16(2)21(15)3)14-19(24)22-9-11-23(12-10-22)20(25)26-18-7-5-4-6-8-18/h4-8,13H,9-12,14H2,1-3H3. The molecule has 0 unspecified atom stereocenters. The molecule has 3 rings (SSSR count). The summed E-state index contributed by atoms with van der Waals surface area (Å²) >= 11 is 0. The van der Waals surface area contributed by atoms with Crippen LogP contribution in [0.3, 0.4) is 0 Å². The zero-order chi connectivity index (χ0) is 18.7. The predicted octanol–water partition coefficient (Wildman–Crippen LogP) is 2.53. The van der Waals surface area contributed by atoms with Gasteiger partial charge in [-0.15, -0.1) is 0 Å². The Labute approximate surface area is 154 Å². The zero-order valence-corrected chi connectivity index (χ0v) is 15.6. The first-order chi connectivity index (χ1) is 12.5. The van der Waals surface area contributed by atoms with E-state index in [1.54, 1.807) is 17.0 Å². The first-order valence-corrected chi connectivity index (χ1v) is 8.87. The molecule has 1 aliphatic heterocycles. The van der Waals surface area contributed by atoms with E-state index < -0.39 is 0 Å². The second kappa shape index (κ2) is 7.64. The normalized spacial score (nSPS) is 14.4. The number of hydrogen-bond acceptors (Lipinski definition) is 3. The highest BCUT2D eigenvalue weighted by Crippen LogP contribution is 2.16. The number of aromatic nitrogens is 1. The van der Waals surface area contributed by atoms with Crippen molar-refractivity contribution in [3.05, 3.63) is 53.3 Å². The van der Waals surface area contributed by atoms with E-state index in [4.69, 9.17) is 4.74 Å². The van der Waals surface area contributed by atoms with Crippen molar-refractivity contribution in [1.29, 1.82) is 0 Å². The maximum absolute atomic E-state index is 12.6. The first kappa shape index (κ1) is 18.0. The second-order valence-corrected chi connectivity index (χ2v) is 6.68. The minimum Gasteiger partial charge on any atom is -0.410 e. The number of ether oxygens (including phenoxy) is 1. The molecule has 6 nitrogen and oxygen atoms in total. The van der Waals surface area contributed by atoms with Crippen molar-refractivity contribution in [2.45, 2.75) is 20.3 Å². The van der Waals surface area contributed by atoms with Gasteiger partial charge >= 0.3 is 6.09 Å². The van der Waals surface area contributed by atoms with Crippen molar-refractivity contribution in [2.24, 2.45) is 7.05 Å². The predicted molar refractivity (Wildman–Crippen MR) is 99.2 cm³/mol. The largest absolute Gasteiger partial charge is 0.415 e. The highest BCUT2D eigenvalue weighted by atomic mass is 16.6. The molecule has 1 aromatic heterocycles. The summed E-state index contributed by atoms with van der Waals surface area (Å²) in [6.07, 6.45) is 0.0416. The molecule has 26 heavy (non-hydrogen) atoms.